The average Bonchev–Trinajstić information content (AvgIpc) is 2.49. The third kappa shape index (κ3) is 4.77. The van der Waals surface area contributed by atoms with Crippen LogP contribution in [0.3, 0.4) is 0 Å². The van der Waals surface area contributed by atoms with Gasteiger partial charge < -0.3 is 19.5 Å². The van der Waals surface area contributed by atoms with Crippen molar-refractivity contribution in [3.05, 3.63) is 23.8 Å². The van der Waals surface area contributed by atoms with Gasteiger partial charge in [0.25, 0.3) is 0 Å². The Morgan fingerprint density at radius 3 is 2.55 bits per heavy atom. The highest BCUT2D eigenvalue weighted by molar-refractivity contribution is 7.85. The quantitative estimate of drug-likeness (QED) is 0.746. The highest BCUT2D eigenvalue weighted by Gasteiger charge is 2.18. The predicted molar refractivity (Wildman–Crippen MR) is 81.1 cm³/mol. The van der Waals surface area contributed by atoms with Crippen LogP contribution in [-0.4, -0.2) is 50.7 Å². The van der Waals surface area contributed by atoms with Crippen LogP contribution >= 0.6 is 0 Å². The van der Waals surface area contributed by atoms with Crippen LogP contribution in [0.2, 0.25) is 0 Å². The van der Waals surface area contributed by atoms with Gasteiger partial charge in [-0.05, 0) is 13.1 Å². The molecule has 0 radical (unpaired) electrons. The van der Waals surface area contributed by atoms with Crippen molar-refractivity contribution in [2.24, 2.45) is 0 Å². The van der Waals surface area contributed by atoms with Crippen molar-refractivity contribution in [1.29, 1.82) is 0 Å². The zero-order chi connectivity index (χ0) is 15.0. The van der Waals surface area contributed by atoms with E-state index in [-0.39, 0.29) is 6.04 Å². The van der Waals surface area contributed by atoms with E-state index in [1.165, 1.54) is 0 Å². The largest absolute Gasteiger partial charge is 0.497 e. The summed E-state index contributed by atoms with van der Waals surface area (Å²) >= 11 is 0. The minimum absolute atomic E-state index is 0.0338. The van der Waals surface area contributed by atoms with Gasteiger partial charge in [-0.3, -0.25) is 4.21 Å². The van der Waals surface area contributed by atoms with E-state index in [2.05, 4.69) is 5.32 Å². The molecule has 0 aliphatic rings. The first-order valence-electron chi connectivity index (χ1n) is 6.39. The van der Waals surface area contributed by atoms with E-state index in [0.717, 1.165) is 17.1 Å². The van der Waals surface area contributed by atoms with Crippen LogP contribution in [0.15, 0.2) is 18.2 Å². The average molecular weight is 301 g/mol. The number of nitrogens with one attached hydrogen (secondary N) is 1. The summed E-state index contributed by atoms with van der Waals surface area (Å²) in [6, 6.07) is 5.61. The van der Waals surface area contributed by atoms with Crippen molar-refractivity contribution in [2.75, 3.05) is 46.5 Å². The molecule has 0 saturated heterocycles. The van der Waals surface area contributed by atoms with Gasteiger partial charge in [0.15, 0.2) is 0 Å². The molecule has 0 aromatic heterocycles. The van der Waals surface area contributed by atoms with Crippen molar-refractivity contribution >= 4 is 10.8 Å². The molecule has 2 atom stereocenters. The molecular weight excluding hydrogens is 278 g/mol. The Morgan fingerprint density at radius 2 is 2.00 bits per heavy atom. The highest BCUT2D eigenvalue weighted by Crippen LogP contribution is 2.29. The second kappa shape index (κ2) is 8.94. The molecule has 5 nitrogen and oxygen atoms in total. The lowest BCUT2D eigenvalue weighted by Gasteiger charge is -2.19. The summed E-state index contributed by atoms with van der Waals surface area (Å²) in [5, 5.41) is 3.18. The van der Waals surface area contributed by atoms with Crippen molar-refractivity contribution < 1.29 is 18.4 Å². The number of benzene rings is 1. The van der Waals surface area contributed by atoms with Crippen molar-refractivity contribution in [3.63, 3.8) is 0 Å². The summed E-state index contributed by atoms with van der Waals surface area (Å²) in [4.78, 5) is 0. The number of hydrogen-bond donors (Lipinski definition) is 1. The lowest BCUT2D eigenvalue weighted by Crippen LogP contribution is -2.25. The van der Waals surface area contributed by atoms with Crippen LogP contribution in [0.5, 0.6) is 11.5 Å². The van der Waals surface area contributed by atoms with Crippen molar-refractivity contribution in [1.82, 2.24) is 5.32 Å². The fraction of sp³-hybridized carbons (Fsp3) is 0.571. The topological polar surface area (TPSA) is 56.8 Å². The minimum Gasteiger partial charge on any atom is -0.497 e. The molecule has 1 aromatic carbocycles. The van der Waals surface area contributed by atoms with E-state index in [0.29, 0.717) is 18.1 Å². The number of hydrogen-bond acceptors (Lipinski definition) is 5. The van der Waals surface area contributed by atoms with E-state index in [9.17, 15) is 4.21 Å². The Balaban J connectivity index is 2.86. The lowest BCUT2D eigenvalue weighted by atomic mass is 10.1. The first-order chi connectivity index (χ1) is 9.65. The maximum atomic E-state index is 12.0. The van der Waals surface area contributed by atoms with Gasteiger partial charge in [0.1, 0.15) is 11.5 Å². The third-order valence-electron chi connectivity index (χ3n) is 3.03. The standard InChI is InChI=1S/C14H23NO4S/c1-15-13(10-20(16)8-7-17-2)12-6-5-11(18-3)9-14(12)19-4/h5-6,9,13,15H,7-8,10H2,1-4H3. The number of rotatable bonds is 9. The van der Waals surface area contributed by atoms with Crippen LogP contribution < -0.4 is 14.8 Å². The minimum atomic E-state index is -0.942. The first-order valence-corrected chi connectivity index (χ1v) is 7.88. The maximum Gasteiger partial charge on any atom is 0.127 e. The van der Waals surface area contributed by atoms with Gasteiger partial charge in [-0.1, -0.05) is 6.07 Å². The van der Waals surface area contributed by atoms with E-state index < -0.39 is 10.8 Å². The van der Waals surface area contributed by atoms with Gasteiger partial charge in [0, 0.05) is 47.1 Å². The molecule has 2 unspecified atom stereocenters. The molecule has 0 aliphatic heterocycles. The van der Waals surface area contributed by atoms with E-state index in [4.69, 9.17) is 14.2 Å². The molecule has 0 spiro atoms. The molecule has 0 saturated carbocycles. The monoisotopic (exact) mass is 301 g/mol. The lowest BCUT2D eigenvalue weighted by molar-refractivity contribution is 0.218. The third-order valence-corrected chi connectivity index (χ3v) is 4.36. The summed E-state index contributed by atoms with van der Waals surface area (Å²) in [7, 11) is 5.75. The molecule has 0 amide bonds. The molecule has 0 aliphatic carbocycles. The Hall–Kier alpha value is -1.11. The maximum absolute atomic E-state index is 12.0. The first kappa shape index (κ1) is 16.9. The second-order valence-electron chi connectivity index (χ2n) is 4.25. The normalized spacial score (nSPS) is 13.8. The molecule has 6 heteroatoms. The summed E-state index contributed by atoms with van der Waals surface area (Å²) in [5.74, 6) is 2.52. The Morgan fingerprint density at radius 1 is 1.25 bits per heavy atom. The van der Waals surface area contributed by atoms with Gasteiger partial charge >= 0.3 is 0 Å². The van der Waals surface area contributed by atoms with Crippen molar-refractivity contribution in [2.45, 2.75) is 6.04 Å². The van der Waals surface area contributed by atoms with Crippen LogP contribution in [0, 0.1) is 0 Å². The molecule has 1 N–H and O–H groups in total. The van der Waals surface area contributed by atoms with E-state index in [1.807, 2.05) is 25.2 Å². The van der Waals surface area contributed by atoms with Gasteiger partial charge in [0.05, 0.1) is 20.8 Å². The zero-order valence-electron chi connectivity index (χ0n) is 12.5. The van der Waals surface area contributed by atoms with Gasteiger partial charge in [-0.15, -0.1) is 0 Å². The van der Waals surface area contributed by atoms with E-state index in [1.54, 1.807) is 21.3 Å². The fourth-order valence-corrected chi connectivity index (χ4v) is 3.12. The molecule has 20 heavy (non-hydrogen) atoms. The van der Waals surface area contributed by atoms with Crippen LogP contribution in [0.1, 0.15) is 11.6 Å². The summed E-state index contributed by atoms with van der Waals surface area (Å²) < 4.78 is 27.5. The summed E-state index contributed by atoms with van der Waals surface area (Å²) in [6.45, 7) is 0.503. The SMILES string of the molecule is CNC(CS(=O)CCOC)c1ccc(OC)cc1OC. The smallest absolute Gasteiger partial charge is 0.127 e. The Labute approximate surface area is 123 Å². The number of methoxy groups -OCH3 is 3. The zero-order valence-corrected chi connectivity index (χ0v) is 13.3. The molecule has 0 bridgehead atoms. The Bertz CT molecular complexity index is 439. The summed E-state index contributed by atoms with van der Waals surface area (Å²) in [6.07, 6.45) is 0. The molecule has 0 heterocycles. The second-order valence-corrected chi connectivity index (χ2v) is 5.87. The molecule has 1 aromatic rings. The van der Waals surface area contributed by atoms with Crippen molar-refractivity contribution in [3.8, 4) is 11.5 Å². The predicted octanol–water partition coefficient (Wildman–Crippen LogP) is 1.36. The molecular formula is C14H23NO4S. The van der Waals surface area contributed by atoms with Crippen LogP contribution in [-0.2, 0) is 15.5 Å². The number of ether oxygens (including phenoxy) is 3. The summed E-state index contributed by atoms with van der Waals surface area (Å²) in [5.41, 5.74) is 0.974. The van der Waals surface area contributed by atoms with Gasteiger partial charge in [-0.2, -0.15) is 0 Å². The van der Waals surface area contributed by atoms with Gasteiger partial charge in [-0.25, -0.2) is 0 Å². The fourth-order valence-electron chi connectivity index (χ4n) is 1.88. The Kier molecular flexibility index (Phi) is 7.58. The highest BCUT2D eigenvalue weighted by atomic mass is 32.2. The van der Waals surface area contributed by atoms with Gasteiger partial charge in [0.2, 0.25) is 0 Å². The van der Waals surface area contributed by atoms with Crippen LogP contribution in [0.25, 0.3) is 0 Å². The van der Waals surface area contributed by atoms with Crippen LogP contribution in [0.4, 0.5) is 0 Å². The van der Waals surface area contributed by atoms with E-state index >= 15 is 0 Å². The molecule has 114 valence electrons. The molecule has 1 rings (SSSR count). The molecule has 0 fully saturated rings.